The number of hydrogen-bond acceptors (Lipinski definition) is 8. The zero-order chi connectivity index (χ0) is 49.4. The van der Waals surface area contributed by atoms with Crippen molar-refractivity contribution >= 4 is 56.7 Å². The summed E-state index contributed by atoms with van der Waals surface area (Å²) in [6, 6.07) is 29.9. The summed E-state index contributed by atoms with van der Waals surface area (Å²) in [6.07, 6.45) is -0.268. The van der Waals surface area contributed by atoms with E-state index in [9.17, 15) is 19.2 Å². The molecule has 2 N–H and O–H groups in total. The Bertz CT molecular complexity index is 2720. The van der Waals surface area contributed by atoms with Crippen molar-refractivity contribution in [1.82, 2.24) is 0 Å². The number of carbonyl (C=O) groups excluding carboxylic acids is 2. The van der Waals surface area contributed by atoms with Crippen LogP contribution in [0.2, 0.25) is 0 Å². The van der Waals surface area contributed by atoms with Gasteiger partial charge in [-0.3, -0.25) is 19.2 Å². The summed E-state index contributed by atoms with van der Waals surface area (Å²) >= 11 is 0. The van der Waals surface area contributed by atoms with Crippen molar-refractivity contribution in [3.05, 3.63) is 130 Å². The molecule has 0 spiro atoms. The lowest BCUT2D eigenvalue weighted by molar-refractivity contribution is -0.137. The zero-order valence-electron chi connectivity index (χ0n) is 40.8. The van der Waals surface area contributed by atoms with Crippen molar-refractivity contribution in [2.45, 2.75) is 107 Å². The summed E-state index contributed by atoms with van der Waals surface area (Å²) in [5.41, 5.74) is 5.51. The molecule has 0 radical (unpaired) electrons. The van der Waals surface area contributed by atoms with Crippen molar-refractivity contribution < 1.29 is 48.3 Å². The summed E-state index contributed by atoms with van der Waals surface area (Å²) in [5, 5.41) is 21.6. The van der Waals surface area contributed by atoms with E-state index in [4.69, 9.17) is 29.2 Å². The Kier molecular flexibility index (Phi) is 16.4. The van der Waals surface area contributed by atoms with Gasteiger partial charge in [0.2, 0.25) is 0 Å². The van der Waals surface area contributed by atoms with Crippen LogP contribution in [-0.4, -0.2) is 59.4 Å². The third kappa shape index (κ3) is 11.2. The van der Waals surface area contributed by atoms with Gasteiger partial charge in [-0.05, 0) is 74.9 Å². The Morgan fingerprint density at radius 1 is 0.500 bits per heavy atom. The number of amides is 2. The van der Waals surface area contributed by atoms with Crippen LogP contribution in [0.5, 0.6) is 23.0 Å². The molecule has 0 bridgehead atoms. The number of aliphatic carboxylic acids is 2. The lowest BCUT2D eigenvalue weighted by atomic mass is 9.99. The molecule has 68 heavy (non-hydrogen) atoms. The molecule has 0 saturated heterocycles. The van der Waals surface area contributed by atoms with Crippen LogP contribution in [0.4, 0.5) is 11.4 Å². The average molecular weight is 925 g/mol. The number of fused-ring (bicyclic) bond motifs is 4. The fourth-order valence-corrected chi connectivity index (χ4v) is 8.23. The Morgan fingerprint density at radius 3 is 1.24 bits per heavy atom. The molecule has 6 aromatic carbocycles. The van der Waals surface area contributed by atoms with Crippen LogP contribution < -0.4 is 28.7 Å². The average Bonchev–Trinajstić information content (AvgIpc) is 3.82. The standard InChI is InChI=1S/2C27H29NO5.C2H6/c1-16(2)15-32-26-21-8-6-5-7-20(21)25(33-17(3)4)22-14-28(27(31)24(22)26)19-11-9-18(10-12-19)13-23(29)30;1-16(2)15-32-25-20-7-5-6-8-21(20)26(33-17(3)4)24-22(25)14-28(27(24)31)19-11-9-18(10-12-19)13-23(29)30;1-2/h2*5-12,16-17H,13-15H2,1-4H3,(H,29,30);1-2H3. The van der Waals surface area contributed by atoms with Crippen LogP contribution in [0.25, 0.3) is 21.5 Å². The molecule has 2 aliphatic rings. The molecule has 0 fully saturated rings. The highest BCUT2D eigenvalue weighted by atomic mass is 16.5. The smallest absolute Gasteiger partial charge is 0.307 e. The van der Waals surface area contributed by atoms with E-state index in [1.807, 2.05) is 90.1 Å². The van der Waals surface area contributed by atoms with Crippen LogP contribution in [0.15, 0.2) is 97.1 Å². The highest BCUT2D eigenvalue weighted by Crippen LogP contribution is 2.48. The molecule has 12 heteroatoms. The Hall–Kier alpha value is -7.08. The first-order chi connectivity index (χ1) is 32.5. The monoisotopic (exact) mass is 924 g/mol. The number of nitrogens with zero attached hydrogens (tertiary/aromatic N) is 2. The quantitative estimate of drug-likeness (QED) is 0.0959. The SMILES string of the molecule is CC.CC(C)COc1c2c(c(OC(C)C)c3ccccc13)C(=O)N(c1ccc(CC(=O)O)cc1)C2.CC(C)COc1c2c(c(OC(C)C)c3ccccc13)CN(c1ccc(CC(=O)O)cc1)C2=O. The number of anilines is 2. The van der Waals surface area contributed by atoms with Gasteiger partial charge in [-0.2, -0.15) is 0 Å². The number of carbonyl (C=O) groups is 4. The van der Waals surface area contributed by atoms with Crippen LogP contribution in [0.1, 0.15) is 112 Å². The minimum atomic E-state index is -0.887. The minimum absolute atomic E-state index is 0.0561. The second-order valence-electron chi connectivity index (χ2n) is 18.1. The molecular weight excluding hydrogens is 861 g/mol. The number of benzene rings is 6. The van der Waals surface area contributed by atoms with Crippen LogP contribution in [-0.2, 0) is 35.5 Å². The molecule has 0 unspecified atom stereocenters. The van der Waals surface area contributed by atoms with Gasteiger partial charge in [-0.15, -0.1) is 0 Å². The first kappa shape index (κ1) is 50.3. The normalized spacial score (nSPS) is 12.9. The summed E-state index contributed by atoms with van der Waals surface area (Å²) < 4.78 is 25.0. The van der Waals surface area contributed by atoms with Gasteiger partial charge in [0.15, 0.2) is 0 Å². The lowest BCUT2D eigenvalue weighted by Gasteiger charge is -2.20. The van der Waals surface area contributed by atoms with E-state index in [0.717, 1.165) is 38.4 Å². The van der Waals surface area contributed by atoms with Gasteiger partial charge in [0.05, 0.1) is 62.5 Å². The Morgan fingerprint density at radius 2 is 0.838 bits per heavy atom. The molecule has 12 nitrogen and oxygen atoms in total. The number of ether oxygens (including phenoxy) is 4. The van der Waals surface area contributed by atoms with Crippen molar-refractivity contribution in [2.24, 2.45) is 11.8 Å². The van der Waals surface area contributed by atoms with Gasteiger partial charge in [0.1, 0.15) is 23.0 Å². The zero-order valence-corrected chi connectivity index (χ0v) is 40.8. The second kappa shape index (κ2) is 22.1. The molecule has 0 saturated carbocycles. The van der Waals surface area contributed by atoms with Gasteiger partial charge < -0.3 is 39.0 Å². The largest absolute Gasteiger partial charge is 0.492 e. The van der Waals surface area contributed by atoms with Crippen LogP contribution in [0.3, 0.4) is 0 Å². The van der Waals surface area contributed by atoms with Gasteiger partial charge in [-0.25, -0.2) is 0 Å². The fourth-order valence-electron chi connectivity index (χ4n) is 8.23. The Balaban J connectivity index is 0.000000216. The molecule has 358 valence electrons. The van der Waals surface area contributed by atoms with Crippen molar-refractivity contribution in [2.75, 3.05) is 23.0 Å². The number of rotatable bonds is 16. The summed E-state index contributed by atoms with van der Waals surface area (Å²) in [5.74, 6) is 1.20. The summed E-state index contributed by atoms with van der Waals surface area (Å²) in [4.78, 5) is 52.8. The number of hydrogen-bond donors (Lipinski definition) is 2. The second-order valence-corrected chi connectivity index (χ2v) is 18.1. The highest BCUT2D eigenvalue weighted by molar-refractivity contribution is 6.18. The number of carboxylic acid groups (broad SMARTS) is 2. The summed E-state index contributed by atoms with van der Waals surface area (Å²) in [7, 11) is 0. The topological polar surface area (TPSA) is 152 Å². The first-order valence-corrected chi connectivity index (χ1v) is 23.5. The lowest BCUT2D eigenvalue weighted by Crippen LogP contribution is -2.23. The van der Waals surface area contributed by atoms with Gasteiger partial charge >= 0.3 is 11.9 Å². The van der Waals surface area contributed by atoms with Crippen molar-refractivity contribution in [1.29, 1.82) is 0 Å². The molecule has 0 aliphatic carbocycles. The number of carboxylic acids is 2. The van der Waals surface area contributed by atoms with Gasteiger partial charge in [0, 0.05) is 44.0 Å². The maximum atomic E-state index is 13.7. The third-order valence-electron chi connectivity index (χ3n) is 11.0. The molecule has 0 atom stereocenters. The van der Waals surface area contributed by atoms with Crippen LogP contribution in [0, 0.1) is 11.8 Å². The molecule has 2 heterocycles. The van der Waals surface area contributed by atoms with Gasteiger partial charge in [-0.1, -0.05) is 114 Å². The first-order valence-electron chi connectivity index (χ1n) is 23.5. The molecule has 8 rings (SSSR count). The van der Waals surface area contributed by atoms with Crippen molar-refractivity contribution in [3.8, 4) is 23.0 Å². The van der Waals surface area contributed by atoms with Crippen LogP contribution >= 0.6 is 0 Å². The molecule has 0 aromatic heterocycles. The Labute approximate surface area is 399 Å². The molecular formula is C56H64N2O10. The van der Waals surface area contributed by atoms with E-state index < -0.39 is 11.9 Å². The molecule has 2 aliphatic heterocycles. The van der Waals surface area contributed by atoms with E-state index in [1.54, 1.807) is 58.3 Å². The predicted octanol–water partition coefficient (Wildman–Crippen LogP) is 11.9. The molecule has 6 aromatic rings. The molecule has 2 amide bonds. The maximum Gasteiger partial charge on any atom is 0.307 e. The predicted molar refractivity (Wildman–Crippen MR) is 268 cm³/mol. The highest BCUT2D eigenvalue weighted by Gasteiger charge is 2.39. The van der Waals surface area contributed by atoms with E-state index in [1.165, 1.54) is 0 Å². The van der Waals surface area contributed by atoms with Crippen molar-refractivity contribution in [3.63, 3.8) is 0 Å². The third-order valence-corrected chi connectivity index (χ3v) is 11.0. The fraction of sp³-hybridized carbons (Fsp3) is 0.357. The van der Waals surface area contributed by atoms with E-state index in [2.05, 4.69) is 27.7 Å². The van der Waals surface area contributed by atoms with E-state index in [-0.39, 0.29) is 36.9 Å². The van der Waals surface area contributed by atoms with Gasteiger partial charge in [0.25, 0.3) is 11.8 Å². The minimum Gasteiger partial charge on any atom is -0.492 e. The van der Waals surface area contributed by atoms with E-state index >= 15 is 0 Å². The maximum absolute atomic E-state index is 13.7. The summed E-state index contributed by atoms with van der Waals surface area (Å²) in [6.45, 7) is 21.9. The van der Waals surface area contributed by atoms with E-state index in [0.29, 0.717) is 89.0 Å².